The Labute approximate surface area is 109 Å². The summed E-state index contributed by atoms with van der Waals surface area (Å²) in [4.78, 5) is 13.6. The van der Waals surface area contributed by atoms with Crippen LogP contribution in [0.1, 0.15) is 51.4 Å². The monoisotopic (exact) mass is 250 g/mol. The minimum atomic E-state index is -0.549. The van der Waals surface area contributed by atoms with Gasteiger partial charge >= 0.3 is 0 Å². The van der Waals surface area contributed by atoms with Gasteiger partial charge in [-0.25, -0.2) is 0 Å². The Balaban J connectivity index is 1.78. The van der Waals surface area contributed by atoms with Gasteiger partial charge in [-0.05, 0) is 32.1 Å². The summed E-state index contributed by atoms with van der Waals surface area (Å²) >= 11 is 0. The Hall–Kier alpha value is -1.08. The lowest BCUT2D eigenvalue weighted by atomic mass is 9.77. The summed E-state index contributed by atoms with van der Waals surface area (Å²) in [5.41, 5.74) is -0.549. The second kappa shape index (κ2) is 5.71. The van der Waals surface area contributed by atoms with Gasteiger partial charge in [-0.15, -0.1) is 0 Å². The van der Waals surface area contributed by atoms with Gasteiger partial charge in [0.2, 0.25) is 5.91 Å². The third kappa shape index (κ3) is 2.67. The summed E-state index contributed by atoms with van der Waals surface area (Å²) in [7, 11) is 1.73. The highest BCUT2D eigenvalue weighted by atomic mass is 16.5. The quantitative estimate of drug-likeness (QED) is 0.769. The molecule has 18 heavy (non-hydrogen) atoms. The normalized spacial score (nSPS) is 22.9. The lowest BCUT2D eigenvalue weighted by Crippen LogP contribution is -2.54. The molecule has 0 N–H and O–H groups in total. The Morgan fingerprint density at radius 3 is 2.50 bits per heavy atom. The first-order valence-electron chi connectivity index (χ1n) is 6.97. The van der Waals surface area contributed by atoms with Gasteiger partial charge in [-0.1, -0.05) is 19.3 Å². The molecule has 0 unspecified atom stereocenters. The van der Waals surface area contributed by atoms with Crippen LogP contribution in [0, 0.1) is 11.3 Å². The number of rotatable bonds is 4. The van der Waals surface area contributed by atoms with Crippen molar-refractivity contribution in [2.75, 3.05) is 13.7 Å². The average Bonchev–Trinajstić information content (AvgIpc) is 2.36. The maximum absolute atomic E-state index is 12.0. The van der Waals surface area contributed by atoms with Crippen LogP contribution in [0.5, 0.6) is 0 Å². The predicted molar refractivity (Wildman–Crippen MR) is 67.8 cm³/mol. The maximum Gasteiger partial charge on any atom is 0.249 e. The largest absolute Gasteiger partial charge is 0.368 e. The van der Waals surface area contributed by atoms with Crippen molar-refractivity contribution < 1.29 is 9.53 Å². The summed E-state index contributed by atoms with van der Waals surface area (Å²) in [5.74, 6) is -0.0539. The van der Waals surface area contributed by atoms with E-state index >= 15 is 0 Å². The van der Waals surface area contributed by atoms with Gasteiger partial charge < -0.3 is 9.64 Å². The highest BCUT2D eigenvalue weighted by Crippen LogP contribution is 2.36. The molecular formula is C14H22N2O2. The number of hydrogen-bond donors (Lipinski definition) is 0. The molecule has 2 aliphatic carbocycles. The minimum absolute atomic E-state index is 0.0539. The van der Waals surface area contributed by atoms with Gasteiger partial charge in [-0.3, -0.25) is 4.79 Å². The zero-order chi connectivity index (χ0) is 13.0. The molecule has 0 aliphatic heterocycles. The maximum atomic E-state index is 12.0. The molecule has 2 rings (SSSR count). The van der Waals surface area contributed by atoms with E-state index in [9.17, 15) is 10.1 Å². The SMILES string of the molecule is CN(C(=O)COC1CCCCC1)C1(C#N)CCC1. The van der Waals surface area contributed by atoms with Gasteiger partial charge in [0.15, 0.2) is 0 Å². The van der Waals surface area contributed by atoms with Crippen LogP contribution < -0.4 is 0 Å². The van der Waals surface area contributed by atoms with Crippen LogP contribution in [0.15, 0.2) is 0 Å². The van der Waals surface area contributed by atoms with Crippen molar-refractivity contribution in [1.29, 1.82) is 5.26 Å². The van der Waals surface area contributed by atoms with Crippen LogP contribution in [-0.4, -0.2) is 36.1 Å². The van der Waals surface area contributed by atoms with E-state index in [0.717, 1.165) is 32.1 Å². The fourth-order valence-electron chi connectivity index (χ4n) is 2.79. The van der Waals surface area contributed by atoms with Crippen LogP contribution in [-0.2, 0) is 9.53 Å². The second-order valence-corrected chi connectivity index (χ2v) is 5.52. The van der Waals surface area contributed by atoms with Crippen LogP contribution >= 0.6 is 0 Å². The molecule has 0 saturated heterocycles. The standard InChI is InChI=1S/C14H22N2O2/c1-16(14(11-15)8-5-9-14)13(17)10-18-12-6-3-2-4-7-12/h12H,2-10H2,1H3. The van der Waals surface area contributed by atoms with E-state index in [1.165, 1.54) is 19.3 Å². The van der Waals surface area contributed by atoms with Crippen molar-refractivity contribution in [3.05, 3.63) is 0 Å². The minimum Gasteiger partial charge on any atom is -0.368 e. The molecular weight excluding hydrogens is 228 g/mol. The van der Waals surface area contributed by atoms with Crippen molar-refractivity contribution >= 4 is 5.91 Å². The third-order valence-electron chi connectivity index (χ3n) is 4.40. The van der Waals surface area contributed by atoms with Crippen LogP contribution in [0.25, 0.3) is 0 Å². The first-order chi connectivity index (χ1) is 8.68. The number of likely N-dealkylation sites (N-methyl/N-ethyl adjacent to an activating group) is 1. The smallest absolute Gasteiger partial charge is 0.249 e. The van der Waals surface area contributed by atoms with Crippen LogP contribution in [0.2, 0.25) is 0 Å². The first kappa shape index (κ1) is 13.4. The summed E-state index contributed by atoms with van der Waals surface area (Å²) in [6, 6.07) is 2.28. The van der Waals surface area contributed by atoms with Gasteiger partial charge in [0.25, 0.3) is 0 Å². The van der Waals surface area contributed by atoms with Crippen molar-refractivity contribution in [3.8, 4) is 6.07 Å². The van der Waals surface area contributed by atoms with E-state index in [4.69, 9.17) is 4.74 Å². The molecule has 4 nitrogen and oxygen atoms in total. The number of hydrogen-bond acceptors (Lipinski definition) is 3. The number of nitrogens with zero attached hydrogens (tertiary/aromatic N) is 2. The highest BCUT2D eigenvalue weighted by Gasteiger charge is 2.43. The Morgan fingerprint density at radius 2 is 2.00 bits per heavy atom. The molecule has 0 spiro atoms. The number of carbonyl (C=O) groups excluding carboxylic acids is 1. The molecule has 0 heterocycles. The molecule has 0 bridgehead atoms. The zero-order valence-corrected chi connectivity index (χ0v) is 11.2. The lowest BCUT2D eigenvalue weighted by Gasteiger charge is -2.43. The number of amides is 1. The van der Waals surface area contributed by atoms with E-state index in [0.29, 0.717) is 0 Å². The molecule has 0 aromatic carbocycles. The van der Waals surface area contributed by atoms with E-state index in [1.807, 2.05) is 0 Å². The van der Waals surface area contributed by atoms with Gasteiger partial charge in [0.1, 0.15) is 12.1 Å². The summed E-state index contributed by atoms with van der Waals surface area (Å²) in [5, 5.41) is 9.19. The summed E-state index contributed by atoms with van der Waals surface area (Å²) in [6.07, 6.45) is 8.72. The molecule has 4 heteroatoms. The fourth-order valence-corrected chi connectivity index (χ4v) is 2.79. The van der Waals surface area contributed by atoms with Crippen LogP contribution in [0.4, 0.5) is 0 Å². The van der Waals surface area contributed by atoms with Crippen molar-refractivity contribution in [2.24, 2.45) is 0 Å². The van der Waals surface area contributed by atoms with Crippen molar-refractivity contribution in [1.82, 2.24) is 4.90 Å². The average molecular weight is 250 g/mol. The molecule has 2 aliphatic rings. The Morgan fingerprint density at radius 1 is 1.33 bits per heavy atom. The van der Waals surface area contributed by atoms with Gasteiger partial charge in [0, 0.05) is 7.05 Å². The van der Waals surface area contributed by atoms with Crippen molar-refractivity contribution in [3.63, 3.8) is 0 Å². The number of ether oxygens (including phenoxy) is 1. The third-order valence-corrected chi connectivity index (χ3v) is 4.40. The number of nitriles is 1. The molecule has 100 valence electrons. The van der Waals surface area contributed by atoms with Gasteiger partial charge in [0.05, 0.1) is 12.2 Å². The molecule has 0 aromatic heterocycles. The van der Waals surface area contributed by atoms with E-state index in [-0.39, 0.29) is 18.6 Å². The Bertz CT molecular complexity index is 338. The molecule has 0 atom stereocenters. The zero-order valence-electron chi connectivity index (χ0n) is 11.2. The molecule has 2 fully saturated rings. The lowest BCUT2D eigenvalue weighted by molar-refractivity contribution is -0.144. The van der Waals surface area contributed by atoms with E-state index in [1.54, 1.807) is 11.9 Å². The van der Waals surface area contributed by atoms with E-state index < -0.39 is 5.54 Å². The number of carbonyl (C=O) groups is 1. The second-order valence-electron chi connectivity index (χ2n) is 5.52. The summed E-state index contributed by atoms with van der Waals surface area (Å²) in [6.45, 7) is 0.130. The first-order valence-corrected chi connectivity index (χ1v) is 6.97. The highest BCUT2D eigenvalue weighted by molar-refractivity contribution is 5.78. The molecule has 0 aromatic rings. The van der Waals surface area contributed by atoms with Gasteiger partial charge in [-0.2, -0.15) is 5.26 Å². The molecule has 2 saturated carbocycles. The molecule has 1 amide bonds. The molecule has 0 radical (unpaired) electrons. The van der Waals surface area contributed by atoms with Crippen LogP contribution in [0.3, 0.4) is 0 Å². The summed E-state index contributed by atoms with van der Waals surface area (Å²) < 4.78 is 5.67. The van der Waals surface area contributed by atoms with E-state index in [2.05, 4.69) is 6.07 Å². The van der Waals surface area contributed by atoms with Crippen molar-refractivity contribution in [2.45, 2.75) is 63.0 Å². The topological polar surface area (TPSA) is 53.3 Å². The predicted octanol–water partition coefficient (Wildman–Crippen LogP) is 2.24. The Kier molecular flexibility index (Phi) is 4.23. The fraction of sp³-hybridized carbons (Fsp3) is 0.857.